The molecule has 0 bridgehead atoms. The Hall–Kier alpha value is -3.44. The van der Waals surface area contributed by atoms with E-state index >= 15 is 0 Å². The number of aldehydes is 1. The molecule has 0 spiro atoms. The first-order chi connectivity index (χ1) is 19.9. The number of halogens is 1. The van der Waals surface area contributed by atoms with E-state index in [-0.39, 0.29) is 12.0 Å². The van der Waals surface area contributed by atoms with Crippen molar-refractivity contribution < 1.29 is 23.9 Å². The van der Waals surface area contributed by atoms with Crippen molar-refractivity contribution >= 4 is 49.8 Å². The van der Waals surface area contributed by atoms with Crippen molar-refractivity contribution in [2.75, 3.05) is 40.7 Å². The van der Waals surface area contributed by atoms with Crippen LogP contribution in [0.5, 0.6) is 5.75 Å². The van der Waals surface area contributed by atoms with Crippen LogP contribution in [0.2, 0.25) is 0 Å². The Bertz CT molecular complexity index is 1350. The molecule has 218 valence electrons. The van der Waals surface area contributed by atoms with Crippen LogP contribution in [0.3, 0.4) is 0 Å². The first-order valence-electron chi connectivity index (χ1n) is 13.7. The summed E-state index contributed by atoms with van der Waals surface area (Å²) in [7, 11) is 1.48. The Balaban J connectivity index is 1.39. The number of ether oxygens (including phenoxy) is 2. The van der Waals surface area contributed by atoms with E-state index in [0.717, 1.165) is 42.6 Å². The van der Waals surface area contributed by atoms with E-state index in [9.17, 15) is 14.4 Å². The number of amides is 2. The molecule has 1 aliphatic heterocycles. The number of nitrogens with zero attached hydrogens (tertiary/aromatic N) is 1. The molecule has 2 amide bonds. The summed E-state index contributed by atoms with van der Waals surface area (Å²) in [5.41, 5.74) is 4.62. The summed E-state index contributed by atoms with van der Waals surface area (Å²) in [5.74, 6) is 0.290. The first kappa shape index (κ1) is 30.5. The monoisotopic (exact) mass is 671 g/mol. The number of alkyl halides is 2. The van der Waals surface area contributed by atoms with Gasteiger partial charge in [-0.25, -0.2) is 0 Å². The average molecular weight is 672 g/mol. The van der Waals surface area contributed by atoms with Crippen molar-refractivity contribution in [3.05, 3.63) is 77.9 Å². The van der Waals surface area contributed by atoms with Crippen LogP contribution in [0.4, 0.5) is 16.2 Å². The van der Waals surface area contributed by atoms with Gasteiger partial charge in [0, 0.05) is 11.8 Å². The standard InChI is InChI=1S/C32H38IN3O5/c1-33(2)36-18-8-12-27(21-36)41-32(39)35-29-19-23(14-17-28(29)24-10-5-4-6-11-24)9-7-13-31(38)34-26-16-15-25(22-37)30(20-26)40-3/h4-6,10-11,14-17,19-20,22,27H,7-9,12-13,18,21H2,1-3H3,(H,34,38)(H,35,39). The summed E-state index contributed by atoms with van der Waals surface area (Å²) < 4.78 is 13.6. The van der Waals surface area contributed by atoms with Gasteiger partial charge in [-0.05, 0) is 12.1 Å². The molecule has 0 aliphatic carbocycles. The predicted molar refractivity (Wildman–Crippen MR) is 172 cm³/mol. The second kappa shape index (κ2) is 15.0. The Morgan fingerprint density at radius 3 is 2.59 bits per heavy atom. The predicted octanol–water partition coefficient (Wildman–Crippen LogP) is 6.83. The molecule has 1 saturated heterocycles. The number of hydrogen-bond acceptors (Lipinski definition) is 6. The van der Waals surface area contributed by atoms with Gasteiger partial charge in [0.15, 0.2) is 6.29 Å². The molecule has 41 heavy (non-hydrogen) atoms. The molecule has 1 unspecified atom stereocenters. The molecule has 1 fully saturated rings. The summed E-state index contributed by atoms with van der Waals surface area (Å²) in [4.78, 5) is 41.3. The normalized spacial score (nSPS) is 15.5. The maximum Gasteiger partial charge on any atom is 0.153 e. The molecule has 0 radical (unpaired) electrons. The fourth-order valence-electron chi connectivity index (χ4n) is 4.87. The van der Waals surface area contributed by atoms with Crippen LogP contribution >= 0.6 is 20.1 Å². The van der Waals surface area contributed by atoms with Gasteiger partial charge in [-0.1, -0.05) is 0 Å². The Labute approximate surface area is 249 Å². The second-order valence-corrected chi connectivity index (χ2v) is 15.6. The molecule has 3 aromatic carbocycles. The third kappa shape index (κ3) is 8.77. The largest absolute Gasteiger partial charge is 0.298 e. The van der Waals surface area contributed by atoms with Gasteiger partial charge in [0.1, 0.15) is 5.75 Å². The van der Waals surface area contributed by atoms with Gasteiger partial charge < -0.3 is 10.1 Å². The van der Waals surface area contributed by atoms with Crippen molar-refractivity contribution in [2.45, 2.75) is 38.2 Å². The number of benzene rings is 3. The van der Waals surface area contributed by atoms with Crippen LogP contribution in [0.1, 0.15) is 41.6 Å². The van der Waals surface area contributed by atoms with Gasteiger partial charge in [-0.2, -0.15) is 0 Å². The Kier molecular flexibility index (Phi) is 11.1. The van der Waals surface area contributed by atoms with Gasteiger partial charge in [-0.3, -0.25) is 9.59 Å². The number of methoxy groups -OCH3 is 1. The maximum atomic E-state index is 13.0. The van der Waals surface area contributed by atoms with E-state index in [1.807, 2.05) is 48.5 Å². The zero-order valence-corrected chi connectivity index (χ0v) is 26.0. The molecule has 9 heteroatoms. The molecular weight excluding hydrogens is 633 g/mol. The summed E-state index contributed by atoms with van der Waals surface area (Å²) in [6, 6.07) is 20.9. The molecule has 2 N–H and O–H groups in total. The Morgan fingerprint density at radius 1 is 1.05 bits per heavy atom. The number of hydrogen-bond donors (Lipinski definition) is 2. The number of piperidine rings is 1. The number of carbonyl (C=O) groups is 3. The van der Waals surface area contributed by atoms with E-state index in [4.69, 9.17) is 9.47 Å². The molecule has 3 aromatic rings. The van der Waals surface area contributed by atoms with Crippen molar-refractivity contribution in [3.63, 3.8) is 0 Å². The summed E-state index contributed by atoms with van der Waals surface area (Å²) in [6.45, 7) is 1.91. The topological polar surface area (TPSA) is 97.0 Å². The minimum Gasteiger partial charge on any atom is -0.298 e. The molecule has 8 nitrogen and oxygen atoms in total. The van der Waals surface area contributed by atoms with Gasteiger partial charge >= 0.3 is 176 Å². The van der Waals surface area contributed by atoms with Crippen LogP contribution in [0.25, 0.3) is 11.1 Å². The molecule has 4 rings (SSSR count). The van der Waals surface area contributed by atoms with Gasteiger partial charge in [0.05, 0.1) is 12.7 Å². The first-order valence-corrected chi connectivity index (χ1v) is 19.0. The number of aryl methyl sites for hydroxylation is 1. The maximum absolute atomic E-state index is 13.0. The van der Waals surface area contributed by atoms with Gasteiger partial charge in [0.2, 0.25) is 5.91 Å². The van der Waals surface area contributed by atoms with Crippen molar-refractivity contribution in [1.82, 2.24) is 3.11 Å². The number of rotatable bonds is 11. The van der Waals surface area contributed by atoms with E-state index < -0.39 is 26.2 Å². The fourth-order valence-corrected chi connectivity index (χ4v) is 7.40. The van der Waals surface area contributed by atoms with Crippen molar-refractivity contribution in [3.8, 4) is 16.9 Å². The quantitative estimate of drug-likeness (QED) is 0.100. The van der Waals surface area contributed by atoms with E-state index in [1.54, 1.807) is 18.2 Å². The molecule has 1 aliphatic rings. The van der Waals surface area contributed by atoms with Crippen molar-refractivity contribution in [1.29, 1.82) is 0 Å². The van der Waals surface area contributed by atoms with Crippen LogP contribution in [0, 0.1) is 0 Å². The SMILES string of the molecule is COc1cc(NC(=O)CCCc2ccc(-c3ccccc3)c(NC(=O)OC3CCCN(I(C)C)C3)c2)ccc1C=O. The summed E-state index contributed by atoms with van der Waals surface area (Å²) in [6.07, 6.45) is 3.72. The van der Waals surface area contributed by atoms with E-state index in [0.29, 0.717) is 48.2 Å². The van der Waals surface area contributed by atoms with Crippen molar-refractivity contribution in [2.24, 2.45) is 0 Å². The third-order valence-corrected chi connectivity index (χ3v) is 10.6. The van der Waals surface area contributed by atoms with Gasteiger partial charge in [-0.15, -0.1) is 0 Å². The summed E-state index contributed by atoms with van der Waals surface area (Å²) >= 11 is -1.10. The zero-order chi connectivity index (χ0) is 29.2. The van der Waals surface area contributed by atoms with Crippen LogP contribution in [-0.2, 0) is 16.0 Å². The minimum absolute atomic E-state index is 0.0973. The van der Waals surface area contributed by atoms with Crippen LogP contribution in [0.15, 0.2) is 66.7 Å². The van der Waals surface area contributed by atoms with Crippen LogP contribution in [-0.4, -0.2) is 57.6 Å². The minimum atomic E-state index is -1.10. The molecule has 1 atom stereocenters. The molecule has 0 saturated carbocycles. The van der Waals surface area contributed by atoms with Crippen LogP contribution < -0.4 is 15.4 Å². The molecule has 1 heterocycles. The van der Waals surface area contributed by atoms with Gasteiger partial charge in [0.25, 0.3) is 0 Å². The number of nitrogens with one attached hydrogen (secondary N) is 2. The fraction of sp³-hybridized carbons (Fsp3) is 0.344. The van der Waals surface area contributed by atoms with E-state index in [1.165, 1.54) is 7.11 Å². The summed E-state index contributed by atoms with van der Waals surface area (Å²) in [5, 5.41) is 5.87. The zero-order valence-electron chi connectivity index (χ0n) is 23.8. The van der Waals surface area contributed by atoms with E-state index in [2.05, 4.69) is 23.6 Å². The molecule has 0 aromatic heterocycles. The number of anilines is 2. The second-order valence-electron chi connectivity index (χ2n) is 10.1. The average Bonchev–Trinajstić information content (AvgIpc) is 2.97. The smallest absolute Gasteiger partial charge is 0.153 e. The third-order valence-electron chi connectivity index (χ3n) is 7.00. The molecular formula is C32H38IN3O5. The Morgan fingerprint density at radius 2 is 1.85 bits per heavy atom. The number of carbonyl (C=O) groups excluding carboxylic acids is 3.